The number of hydrogen-bond donors (Lipinski definition) is 0. The van der Waals surface area contributed by atoms with Crippen molar-refractivity contribution in [2.24, 2.45) is 0 Å². The molecule has 0 aromatic heterocycles. The molecule has 1 spiro atoms. The number of fused-ring (bicyclic) bond motifs is 13. The minimum atomic E-state index is -0.488. The smallest absolute Gasteiger partial charge is 0.0726 e. The van der Waals surface area contributed by atoms with Crippen molar-refractivity contribution < 1.29 is 0 Å². The van der Waals surface area contributed by atoms with Crippen LogP contribution in [0.1, 0.15) is 47.2 Å². The van der Waals surface area contributed by atoms with E-state index < -0.39 is 5.41 Å². The fourth-order valence-electron chi connectivity index (χ4n) is 10.9. The van der Waals surface area contributed by atoms with Gasteiger partial charge in [0.05, 0.1) is 5.41 Å². The fourth-order valence-corrected chi connectivity index (χ4v) is 10.9. The predicted molar refractivity (Wildman–Crippen MR) is 246 cm³/mol. The zero-order valence-electron chi connectivity index (χ0n) is 33.2. The van der Waals surface area contributed by atoms with E-state index in [2.05, 4.69) is 231 Å². The Bertz CT molecular complexity index is 3090. The third-order valence-electron chi connectivity index (χ3n) is 13.5. The molecule has 0 saturated heterocycles. The Morgan fingerprint density at radius 3 is 1.42 bits per heavy atom. The van der Waals surface area contributed by atoms with Crippen molar-refractivity contribution in [3.05, 3.63) is 246 Å². The molecule has 0 amide bonds. The molecule has 0 heterocycles. The van der Waals surface area contributed by atoms with Gasteiger partial charge >= 0.3 is 0 Å². The SMILES string of the molecule is CC1(C)c2ccccc2-c2ccc(N(c3cccc(-c4ccccc4)c3)c3ccc4c(c3)C3(c5ccccc5-c5ccccc53)c3cccc(-c5ccccc5)c3-4)cc21. The second-order valence-electron chi connectivity index (χ2n) is 16.8. The van der Waals surface area contributed by atoms with Crippen molar-refractivity contribution in [1.82, 2.24) is 0 Å². The predicted octanol–water partition coefficient (Wildman–Crippen LogP) is 15.1. The Kier molecular flexibility index (Phi) is 7.26. The molecule has 0 unspecified atom stereocenters. The average molecular weight is 752 g/mol. The molecule has 0 N–H and O–H groups in total. The minimum absolute atomic E-state index is 0.131. The van der Waals surface area contributed by atoms with Crippen molar-refractivity contribution in [2.45, 2.75) is 24.7 Å². The molecule has 0 bridgehead atoms. The van der Waals surface area contributed by atoms with Crippen LogP contribution in [0.3, 0.4) is 0 Å². The van der Waals surface area contributed by atoms with E-state index in [9.17, 15) is 0 Å². The Balaban J connectivity index is 1.14. The van der Waals surface area contributed by atoms with E-state index in [1.165, 1.54) is 89.0 Å². The Hall–Kier alpha value is -7.22. The molecule has 59 heavy (non-hydrogen) atoms. The number of hydrogen-bond acceptors (Lipinski definition) is 1. The van der Waals surface area contributed by atoms with Crippen LogP contribution in [-0.4, -0.2) is 0 Å². The summed E-state index contributed by atoms with van der Waals surface area (Å²) >= 11 is 0. The zero-order valence-corrected chi connectivity index (χ0v) is 33.2. The van der Waals surface area contributed by atoms with Crippen LogP contribution in [0.15, 0.2) is 212 Å². The van der Waals surface area contributed by atoms with Gasteiger partial charge < -0.3 is 4.90 Å². The van der Waals surface area contributed by atoms with Crippen LogP contribution in [0.2, 0.25) is 0 Å². The Labute approximate surface area is 346 Å². The van der Waals surface area contributed by atoms with Crippen molar-refractivity contribution in [3.63, 3.8) is 0 Å². The lowest BCUT2D eigenvalue weighted by atomic mass is 9.70. The van der Waals surface area contributed by atoms with Crippen LogP contribution >= 0.6 is 0 Å². The van der Waals surface area contributed by atoms with Gasteiger partial charge in [0, 0.05) is 22.5 Å². The summed E-state index contributed by atoms with van der Waals surface area (Å²) in [5, 5.41) is 0. The van der Waals surface area contributed by atoms with E-state index in [1.807, 2.05) is 0 Å². The molecule has 0 fully saturated rings. The van der Waals surface area contributed by atoms with E-state index in [0.29, 0.717) is 0 Å². The number of rotatable bonds is 5. The molecule has 1 heteroatoms. The summed E-state index contributed by atoms with van der Waals surface area (Å²) in [5.74, 6) is 0. The summed E-state index contributed by atoms with van der Waals surface area (Å²) in [6.07, 6.45) is 0. The first-order valence-corrected chi connectivity index (χ1v) is 20.8. The topological polar surface area (TPSA) is 3.24 Å². The minimum Gasteiger partial charge on any atom is -0.310 e. The average Bonchev–Trinajstić information content (AvgIpc) is 3.85. The lowest BCUT2D eigenvalue weighted by Gasteiger charge is -2.32. The van der Waals surface area contributed by atoms with E-state index in [-0.39, 0.29) is 5.41 Å². The molecule has 3 aliphatic rings. The van der Waals surface area contributed by atoms with Crippen LogP contribution in [0, 0.1) is 0 Å². The quantitative estimate of drug-likeness (QED) is 0.169. The van der Waals surface area contributed by atoms with E-state index >= 15 is 0 Å². The molecule has 278 valence electrons. The normalized spacial score (nSPS) is 14.2. The second-order valence-corrected chi connectivity index (χ2v) is 16.8. The van der Waals surface area contributed by atoms with Gasteiger partial charge in [0.15, 0.2) is 0 Å². The van der Waals surface area contributed by atoms with Gasteiger partial charge in [-0.15, -0.1) is 0 Å². The highest BCUT2D eigenvalue weighted by molar-refractivity contribution is 6.01. The molecule has 12 rings (SSSR count). The lowest BCUT2D eigenvalue weighted by molar-refractivity contribution is 0.660. The third kappa shape index (κ3) is 4.73. The highest BCUT2D eigenvalue weighted by Crippen LogP contribution is 2.64. The van der Waals surface area contributed by atoms with Crippen LogP contribution in [0.5, 0.6) is 0 Å². The second kappa shape index (κ2) is 12.6. The number of nitrogens with zero attached hydrogens (tertiary/aromatic N) is 1. The fraction of sp³-hybridized carbons (Fsp3) is 0.0690. The first kappa shape index (κ1) is 33.9. The van der Waals surface area contributed by atoms with Crippen LogP contribution in [0.25, 0.3) is 55.6 Å². The van der Waals surface area contributed by atoms with Gasteiger partial charge in [-0.1, -0.05) is 190 Å². The lowest BCUT2D eigenvalue weighted by Crippen LogP contribution is -2.26. The molecule has 0 aliphatic heterocycles. The maximum Gasteiger partial charge on any atom is 0.0726 e. The van der Waals surface area contributed by atoms with Crippen LogP contribution in [-0.2, 0) is 10.8 Å². The van der Waals surface area contributed by atoms with Crippen molar-refractivity contribution in [1.29, 1.82) is 0 Å². The summed E-state index contributed by atoms with van der Waals surface area (Å²) in [6, 6.07) is 79.2. The molecule has 0 saturated carbocycles. The largest absolute Gasteiger partial charge is 0.310 e. The first-order chi connectivity index (χ1) is 29.0. The summed E-state index contributed by atoms with van der Waals surface area (Å²) < 4.78 is 0. The molecular weight excluding hydrogens is 711 g/mol. The van der Waals surface area contributed by atoms with Gasteiger partial charge in [-0.3, -0.25) is 0 Å². The maximum absolute atomic E-state index is 2.52. The molecule has 0 atom stereocenters. The van der Waals surface area contributed by atoms with Crippen molar-refractivity contribution >= 4 is 17.1 Å². The monoisotopic (exact) mass is 751 g/mol. The maximum atomic E-state index is 2.52. The van der Waals surface area contributed by atoms with Gasteiger partial charge in [0.1, 0.15) is 0 Å². The zero-order chi connectivity index (χ0) is 39.3. The van der Waals surface area contributed by atoms with E-state index in [4.69, 9.17) is 0 Å². The molecule has 0 radical (unpaired) electrons. The molecule has 9 aromatic carbocycles. The van der Waals surface area contributed by atoms with Crippen molar-refractivity contribution in [2.75, 3.05) is 4.90 Å². The first-order valence-electron chi connectivity index (χ1n) is 20.8. The Morgan fingerprint density at radius 1 is 0.288 bits per heavy atom. The standard InChI is InChI=1S/C58H41N/c1-57(2)50-27-12-9-23-45(50)48-33-31-42(36-54(48)57)59(41-22-15-21-40(35-41)38-17-5-3-6-18-38)43-32-34-49-55(37-43)58(51-28-13-10-24-46(51)47-25-11-14-29-52(47)58)53-30-16-26-44(56(49)53)39-19-7-4-8-20-39/h3-37H,1-2H3. The molecule has 9 aromatic rings. The van der Waals surface area contributed by atoms with Crippen molar-refractivity contribution in [3.8, 4) is 55.6 Å². The van der Waals surface area contributed by atoms with Crippen LogP contribution < -0.4 is 4.90 Å². The van der Waals surface area contributed by atoms with Gasteiger partial charge in [0.25, 0.3) is 0 Å². The van der Waals surface area contributed by atoms with E-state index in [1.54, 1.807) is 0 Å². The van der Waals surface area contributed by atoms with E-state index in [0.717, 1.165) is 17.1 Å². The highest BCUT2D eigenvalue weighted by Gasteiger charge is 2.52. The third-order valence-corrected chi connectivity index (χ3v) is 13.5. The summed E-state index contributed by atoms with van der Waals surface area (Å²) in [7, 11) is 0. The summed E-state index contributed by atoms with van der Waals surface area (Å²) in [5.41, 5.74) is 23.7. The summed E-state index contributed by atoms with van der Waals surface area (Å²) in [4.78, 5) is 2.49. The number of benzene rings is 9. The van der Waals surface area contributed by atoms with Gasteiger partial charge in [-0.05, 0) is 125 Å². The highest BCUT2D eigenvalue weighted by atomic mass is 15.1. The Morgan fingerprint density at radius 2 is 0.746 bits per heavy atom. The molecule has 3 aliphatic carbocycles. The molecule has 1 nitrogen and oxygen atoms in total. The molecular formula is C58H41N. The van der Waals surface area contributed by atoms with Crippen LogP contribution in [0.4, 0.5) is 17.1 Å². The van der Waals surface area contributed by atoms with Gasteiger partial charge in [-0.25, -0.2) is 0 Å². The summed E-state index contributed by atoms with van der Waals surface area (Å²) in [6.45, 7) is 4.75. The van der Waals surface area contributed by atoms with Gasteiger partial charge in [0.2, 0.25) is 0 Å². The van der Waals surface area contributed by atoms with Gasteiger partial charge in [-0.2, -0.15) is 0 Å². The number of anilines is 3.